The second-order valence-electron chi connectivity index (χ2n) is 7.42. The van der Waals surface area contributed by atoms with Crippen LogP contribution in [0.2, 0.25) is 0 Å². The van der Waals surface area contributed by atoms with Crippen molar-refractivity contribution in [3.05, 3.63) is 46.8 Å². The molecule has 1 saturated carbocycles. The van der Waals surface area contributed by atoms with Gasteiger partial charge in [0.25, 0.3) is 5.91 Å². The molecule has 0 radical (unpaired) electrons. The fraction of sp³-hybridized carbons (Fsp3) is 0.350. The number of ether oxygens (including phenoxy) is 2. The number of hydrogen-bond donors (Lipinski definition) is 2. The quantitative estimate of drug-likeness (QED) is 0.613. The molecule has 9 heteroatoms. The fourth-order valence-electron chi connectivity index (χ4n) is 3.82. The van der Waals surface area contributed by atoms with Crippen LogP contribution in [0, 0.1) is 0 Å². The number of aromatic nitrogens is 4. The first-order valence-electron chi connectivity index (χ1n) is 9.52. The molecular weight excluding hydrogens is 438 g/mol. The Kier molecular flexibility index (Phi) is 4.34. The Hall–Kier alpha value is -2.81. The minimum Gasteiger partial charge on any atom is -0.486 e. The van der Waals surface area contributed by atoms with Crippen molar-refractivity contribution in [2.45, 2.75) is 31.3 Å². The van der Waals surface area contributed by atoms with E-state index in [9.17, 15) is 4.79 Å². The zero-order chi connectivity index (χ0) is 20.0. The first-order chi connectivity index (χ1) is 14.1. The number of fused-ring (bicyclic) bond motifs is 1. The van der Waals surface area contributed by atoms with E-state index in [2.05, 4.69) is 36.5 Å². The summed E-state index contributed by atoms with van der Waals surface area (Å²) in [6, 6.07) is 5.53. The lowest BCUT2D eigenvalue weighted by Gasteiger charge is -2.25. The van der Waals surface area contributed by atoms with Crippen molar-refractivity contribution < 1.29 is 14.3 Å². The molecule has 1 aliphatic heterocycles. The van der Waals surface area contributed by atoms with Crippen molar-refractivity contribution in [1.29, 1.82) is 0 Å². The Bertz CT molecular complexity index is 1070. The van der Waals surface area contributed by atoms with Crippen LogP contribution in [0.25, 0.3) is 11.3 Å². The maximum atomic E-state index is 13.0. The molecule has 0 bridgehead atoms. The summed E-state index contributed by atoms with van der Waals surface area (Å²) in [5, 5.41) is 14.6. The predicted octanol–water partition coefficient (Wildman–Crippen LogP) is 3.11. The maximum Gasteiger partial charge on any atom is 0.255 e. The molecule has 1 aromatic carbocycles. The predicted molar refractivity (Wildman–Crippen MR) is 109 cm³/mol. The van der Waals surface area contributed by atoms with E-state index in [4.69, 9.17) is 9.47 Å². The van der Waals surface area contributed by atoms with Crippen LogP contribution in [0.15, 0.2) is 41.3 Å². The highest BCUT2D eigenvalue weighted by molar-refractivity contribution is 9.10. The van der Waals surface area contributed by atoms with Gasteiger partial charge in [0.05, 0.1) is 39.7 Å². The highest BCUT2D eigenvalue weighted by atomic mass is 79.9. The van der Waals surface area contributed by atoms with E-state index in [0.29, 0.717) is 36.0 Å². The molecule has 150 valence electrons. The van der Waals surface area contributed by atoms with Crippen molar-refractivity contribution >= 4 is 21.8 Å². The Labute approximate surface area is 175 Å². The van der Waals surface area contributed by atoms with Crippen LogP contribution in [-0.2, 0) is 5.54 Å². The third-order valence-corrected chi connectivity index (χ3v) is 6.05. The highest BCUT2D eigenvalue weighted by Crippen LogP contribution is 2.46. The van der Waals surface area contributed by atoms with Crippen molar-refractivity contribution in [2.24, 2.45) is 0 Å². The van der Waals surface area contributed by atoms with E-state index in [0.717, 1.165) is 22.9 Å². The van der Waals surface area contributed by atoms with Gasteiger partial charge in [-0.25, -0.2) is 0 Å². The molecule has 1 aliphatic carbocycles. The van der Waals surface area contributed by atoms with Crippen molar-refractivity contribution in [3.8, 4) is 22.8 Å². The second-order valence-corrected chi connectivity index (χ2v) is 8.33. The molecule has 1 atom stereocenters. The van der Waals surface area contributed by atoms with Gasteiger partial charge < -0.3 is 14.8 Å². The average molecular weight is 458 g/mol. The second kappa shape index (κ2) is 6.91. The minimum absolute atomic E-state index is 0.0789. The van der Waals surface area contributed by atoms with E-state index >= 15 is 0 Å². The molecule has 3 heterocycles. The Morgan fingerprint density at radius 2 is 2.07 bits per heavy atom. The number of nitrogens with one attached hydrogen (secondary N) is 2. The molecule has 29 heavy (non-hydrogen) atoms. The Morgan fingerprint density at radius 3 is 2.79 bits per heavy atom. The molecule has 2 aromatic heterocycles. The molecule has 0 spiro atoms. The molecule has 0 saturated heterocycles. The van der Waals surface area contributed by atoms with E-state index in [1.165, 1.54) is 0 Å². The summed E-state index contributed by atoms with van der Waals surface area (Å²) in [4.78, 5) is 13.0. The summed E-state index contributed by atoms with van der Waals surface area (Å²) in [5.41, 5.74) is 1.79. The summed E-state index contributed by atoms with van der Waals surface area (Å²) in [6.45, 7) is 3.07. The van der Waals surface area contributed by atoms with Gasteiger partial charge in [-0.2, -0.15) is 10.2 Å². The largest absolute Gasteiger partial charge is 0.486 e. The maximum absolute atomic E-state index is 13.0. The molecule has 1 unspecified atom stereocenters. The summed E-state index contributed by atoms with van der Waals surface area (Å²) in [7, 11) is 0. The van der Waals surface area contributed by atoms with Crippen LogP contribution in [0.3, 0.4) is 0 Å². The lowest BCUT2D eigenvalue weighted by Crippen LogP contribution is -2.44. The van der Waals surface area contributed by atoms with Gasteiger partial charge in [0.1, 0.15) is 13.2 Å². The number of hydrogen-bond acceptors (Lipinski definition) is 5. The lowest BCUT2D eigenvalue weighted by molar-refractivity contribution is 0.0921. The van der Waals surface area contributed by atoms with Gasteiger partial charge in [0, 0.05) is 11.8 Å². The van der Waals surface area contributed by atoms with Gasteiger partial charge in [0.15, 0.2) is 11.5 Å². The van der Waals surface area contributed by atoms with Gasteiger partial charge in [-0.3, -0.25) is 14.6 Å². The molecule has 3 aromatic rings. The topological polar surface area (TPSA) is 94.1 Å². The third kappa shape index (κ3) is 3.19. The van der Waals surface area contributed by atoms with Gasteiger partial charge >= 0.3 is 0 Å². The number of rotatable bonds is 5. The molecule has 2 N–H and O–H groups in total. The Balaban J connectivity index is 1.37. The number of carbonyl (C=O) groups is 1. The fourth-order valence-corrected chi connectivity index (χ4v) is 4.10. The number of H-pyrrole nitrogens is 1. The molecule has 1 amide bonds. The minimum atomic E-state index is -0.178. The zero-order valence-corrected chi connectivity index (χ0v) is 17.4. The van der Waals surface area contributed by atoms with Crippen LogP contribution in [0.4, 0.5) is 0 Å². The average Bonchev–Trinajstić information content (AvgIpc) is 3.18. The first kappa shape index (κ1) is 18.2. The number of carbonyl (C=O) groups excluding carboxylic acids is 1. The van der Waals surface area contributed by atoms with E-state index < -0.39 is 0 Å². The molecule has 8 nitrogen and oxygen atoms in total. The Morgan fingerprint density at radius 1 is 1.28 bits per heavy atom. The standard InChI is InChI=1S/C20H20BrN5O3/c1-12(20(4-5-20)26-11-14(21)9-23-26)24-19(27)15-10-22-25-18(15)13-2-3-16-17(8-13)29-7-6-28-16/h2-3,8-12H,4-7H2,1H3,(H,22,25)(H,24,27). The first-order valence-corrected chi connectivity index (χ1v) is 10.3. The van der Waals surface area contributed by atoms with Crippen molar-refractivity contribution in [3.63, 3.8) is 0 Å². The van der Waals surface area contributed by atoms with Crippen molar-refractivity contribution in [2.75, 3.05) is 13.2 Å². The molecular formula is C20H20BrN5O3. The van der Waals surface area contributed by atoms with Gasteiger partial charge in [-0.05, 0) is 53.9 Å². The van der Waals surface area contributed by atoms with Gasteiger partial charge in [0.2, 0.25) is 0 Å². The smallest absolute Gasteiger partial charge is 0.255 e. The van der Waals surface area contributed by atoms with E-state index in [1.807, 2.05) is 36.0 Å². The van der Waals surface area contributed by atoms with E-state index in [-0.39, 0.29) is 17.5 Å². The van der Waals surface area contributed by atoms with Crippen LogP contribution in [0.5, 0.6) is 11.5 Å². The number of benzene rings is 1. The van der Waals surface area contributed by atoms with Crippen LogP contribution in [0.1, 0.15) is 30.1 Å². The van der Waals surface area contributed by atoms with Gasteiger partial charge in [-0.15, -0.1) is 0 Å². The monoisotopic (exact) mass is 457 g/mol. The number of amides is 1. The van der Waals surface area contributed by atoms with Gasteiger partial charge in [-0.1, -0.05) is 0 Å². The summed E-state index contributed by atoms with van der Waals surface area (Å²) < 4.78 is 14.1. The zero-order valence-electron chi connectivity index (χ0n) is 15.8. The highest BCUT2D eigenvalue weighted by Gasteiger charge is 2.50. The molecule has 5 rings (SSSR count). The number of halogens is 1. The summed E-state index contributed by atoms with van der Waals surface area (Å²) >= 11 is 3.44. The third-order valence-electron chi connectivity index (χ3n) is 5.64. The normalized spacial score (nSPS) is 17.6. The number of aromatic amines is 1. The van der Waals surface area contributed by atoms with E-state index in [1.54, 1.807) is 12.4 Å². The van der Waals surface area contributed by atoms with Crippen LogP contribution >= 0.6 is 15.9 Å². The molecule has 1 fully saturated rings. The SMILES string of the molecule is CC(NC(=O)c1cn[nH]c1-c1ccc2c(c1)OCCO2)C1(n2cc(Br)cn2)CC1. The summed E-state index contributed by atoms with van der Waals surface area (Å²) in [6.07, 6.45) is 7.23. The number of nitrogens with zero attached hydrogens (tertiary/aromatic N) is 3. The molecule has 2 aliphatic rings. The van der Waals surface area contributed by atoms with Crippen LogP contribution < -0.4 is 14.8 Å². The lowest BCUT2D eigenvalue weighted by atomic mass is 10.0. The van der Waals surface area contributed by atoms with Crippen LogP contribution in [-0.4, -0.2) is 45.1 Å². The van der Waals surface area contributed by atoms with Crippen molar-refractivity contribution in [1.82, 2.24) is 25.3 Å². The summed E-state index contributed by atoms with van der Waals surface area (Å²) in [5.74, 6) is 1.21.